The van der Waals surface area contributed by atoms with Crippen LogP contribution in [0.15, 0.2) is 36.9 Å². The minimum absolute atomic E-state index is 0.271. The highest BCUT2D eigenvalue weighted by molar-refractivity contribution is 6.14. The number of aromatic nitrogens is 1. The number of benzene rings is 2. The van der Waals surface area contributed by atoms with Crippen LogP contribution in [0, 0.1) is 0 Å². The lowest BCUT2D eigenvalue weighted by molar-refractivity contribution is 0.0994. The molecule has 1 N–H and O–H groups in total. The lowest BCUT2D eigenvalue weighted by Crippen LogP contribution is -1.90. The van der Waals surface area contributed by atoms with E-state index in [1.807, 2.05) is 19.1 Å². The quantitative estimate of drug-likeness (QED) is 0.688. The van der Waals surface area contributed by atoms with Crippen LogP contribution < -0.4 is 0 Å². The van der Waals surface area contributed by atoms with Crippen molar-refractivity contribution in [2.75, 3.05) is 0 Å². The fraction of sp³-hybridized carbons (Fsp3) is 0.167. The van der Waals surface area contributed by atoms with Gasteiger partial charge in [-0.25, -0.2) is 0 Å². The molecule has 0 fully saturated rings. The molecule has 20 heavy (non-hydrogen) atoms. The van der Waals surface area contributed by atoms with Gasteiger partial charge in [-0.2, -0.15) is 0 Å². The molecule has 1 heterocycles. The van der Waals surface area contributed by atoms with Gasteiger partial charge in [0.1, 0.15) is 0 Å². The van der Waals surface area contributed by atoms with Crippen LogP contribution in [0.25, 0.3) is 27.4 Å². The SMILES string of the molecule is C=C(C)c1ccc2[nH]c3ccc4c(c3c2c1)CCC4=O. The van der Waals surface area contributed by atoms with E-state index in [0.717, 1.165) is 34.2 Å². The van der Waals surface area contributed by atoms with Crippen LogP contribution in [-0.2, 0) is 6.42 Å². The number of hydrogen-bond acceptors (Lipinski definition) is 1. The van der Waals surface area contributed by atoms with Crippen molar-refractivity contribution < 1.29 is 4.79 Å². The topological polar surface area (TPSA) is 32.9 Å². The maximum absolute atomic E-state index is 11.9. The minimum atomic E-state index is 0.271. The Bertz CT molecular complexity index is 899. The summed E-state index contributed by atoms with van der Waals surface area (Å²) in [5.74, 6) is 0.271. The summed E-state index contributed by atoms with van der Waals surface area (Å²) in [4.78, 5) is 15.4. The van der Waals surface area contributed by atoms with Crippen molar-refractivity contribution in [2.24, 2.45) is 0 Å². The van der Waals surface area contributed by atoms with Crippen LogP contribution in [0.1, 0.15) is 34.8 Å². The summed E-state index contributed by atoms with van der Waals surface area (Å²) < 4.78 is 0. The predicted molar refractivity (Wildman–Crippen MR) is 83.2 cm³/mol. The lowest BCUT2D eigenvalue weighted by Gasteiger charge is -2.02. The van der Waals surface area contributed by atoms with Crippen molar-refractivity contribution in [3.8, 4) is 0 Å². The number of fused-ring (bicyclic) bond motifs is 5. The smallest absolute Gasteiger partial charge is 0.163 e. The van der Waals surface area contributed by atoms with Gasteiger partial charge < -0.3 is 4.98 Å². The third-order valence-electron chi connectivity index (χ3n) is 4.27. The first kappa shape index (κ1) is 11.5. The molecular formula is C18H15NO. The Morgan fingerprint density at radius 1 is 1.15 bits per heavy atom. The van der Waals surface area contributed by atoms with Crippen LogP contribution in [0.2, 0.25) is 0 Å². The molecule has 0 unspecified atom stereocenters. The Morgan fingerprint density at radius 3 is 2.75 bits per heavy atom. The molecule has 3 aromatic rings. The van der Waals surface area contributed by atoms with Crippen molar-refractivity contribution >= 4 is 33.2 Å². The number of aromatic amines is 1. The molecule has 0 atom stereocenters. The van der Waals surface area contributed by atoms with E-state index < -0.39 is 0 Å². The van der Waals surface area contributed by atoms with Gasteiger partial charge in [0, 0.05) is 33.8 Å². The van der Waals surface area contributed by atoms with Crippen LogP contribution >= 0.6 is 0 Å². The first-order chi connectivity index (χ1) is 9.65. The van der Waals surface area contributed by atoms with Gasteiger partial charge >= 0.3 is 0 Å². The molecule has 0 saturated heterocycles. The fourth-order valence-corrected chi connectivity index (χ4v) is 3.22. The molecule has 1 aromatic heterocycles. The Balaban J connectivity index is 2.16. The van der Waals surface area contributed by atoms with E-state index in [2.05, 4.69) is 29.8 Å². The summed E-state index contributed by atoms with van der Waals surface area (Å²) in [6, 6.07) is 10.4. The van der Waals surface area contributed by atoms with Crippen LogP contribution in [-0.4, -0.2) is 10.8 Å². The van der Waals surface area contributed by atoms with Crippen LogP contribution in [0.5, 0.6) is 0 Å². The monoisotopic (exact) mass is 261 g/mol. The standard InChI is InChI=1S/C18H15NO/c1-10(2)11-3-6-15-14(9-11)18-13-5-8-17(20)12(13)4-7-16(18)19-15/h3-4,6-7,9,19H,1,5,8H2,2H3. The van der Waals surface area contributed by atoms with Crippen molar-refractivity contribution in [3.63, 3.8) is 0 Å². The van der Waals surface area contributed by atoms with Crippen molar-refractivity contribution in [1.82, 2.24) is 4.98 Å². The zero-order valence-electron chi connectivity index (χ0n) is 11.4. The first-order valence-corrected chi connectivity index (χ1v) is 6.91. The summed E-state index contributed by atoms with van der Waals surface area (Å²) >= 11 is 0. The van der Waals surface area contributed by atoms with Gasteiger partial charge in [-0.3, -0.25) is 4.79 Å². The molecule has 0 bridgehead atoms. The lowest BCUT2D eigenvalue weighted by atomic mass is 10.0. The van der Waals surface area contributed by atoms with Gasteiger partial charge in [-0.1, -0.05) is 18.2 Å². The molecule has 2 aromatic carbocycles. The molecule has 98 valence electrons. The summed E-state index contributed by atoms with van der Waals surface area (Å²) in [5.41, 5.74) is 6.56. The normalized spacial score (nSPS) is 14.2. The van der Waals surface area contributed by atoms with E-state index in [9.17, 15) is 4.79 Å². The van der Waals surface area contributed by atoms with Gasteiger partial charge in [-0.05, 0) is 48.7 Å². The van der Waals surface area contributed by atoms with Gasteiger partial charge in [0.05, 0.1) is 0 Å². The van der Waals surface area contributed by atoms with Crippen molar-refractivity contribution in [1.29, 1.82) is 0 Å². The van der Waals surface area contributed by atoms with E-state index in [-0.39, 0.29) is 5.78 Å². The molecule has 0 aliphatic heterocycles. The molecule has 1 aliphatic rings. The highest BCUT2D eigenvalue weighted by atomic mass is 16.1. The largest absolute Gasteiger partial charge is 0.355 e. The molecule has 2 nitrogen and oxygen atoms in total. The number of ketones is 1. The van der Waals surface area contributed by atoms with Crippen molar-refractivity contribution in [2.45, 2.75) is 19.8 Å². The molecule has 0 radical (unpaired) electrons. The average molecular weight is 261 g/mol. The maximum Gasteiger partial charge on any atom is 0.163 e. The summed E-state index contributed by atoms with van der Waals surface area (Å²) in [6.07, 6.45) is 1.50. The van der Waals surface area contributed by atoms with Gasteiger partial charge in [-0.15, -0.1) is 0 Å². The number of nitrogens with one attached hydrogen (secondary N) is 1. The zero-order valence-corrected chi connectivity index (χ0v) is 11.4. The highest BCUT2D eigenvalue weighted by Crippen LogP contribution is 2.35. The number of rotatable bonds is 1. The van der Waals surface area contributed by atoms with E-state index in [0.29, 0.717) is 6.42 Å². The molecular weight excluding hydrogens is 246 g/mol. The summed E-state index contributed by atoms with van der Waals surface area (Å²) in [6.45, 7) is 6.03. The highest BCUT2D eigenvalue weighted by Gasteiger charge is 2.23. The van der Waals surface area contributed by atoms with Crippen LogP contribution in [0.3, 0.4) is 0 Å². The van der Waals surface area contributed by atoms with Crippen LogP contribution in [0.4, 0.5) is 0 Å². The number of carbonyl (C=O) groups is 1. The second kappa shape index (κ2) is 3.83. The number of allylic oxidation sites excluding steroid dienone is 1. The number of aryl methyl sites for hydroxylation is 1. The minimum Gasteiger partial charge on any atom is -0.355 e. The second-order valence-corrected chi connectivity index (χ2v) is 5.60. The second-order valence-electron chi connectivity index (χ2n) is 5.60. The molecule has 4 rings (SSSR count). The van der Waals surface area contributed by atoms with Gasteiger partial charge in [0.15, 0.2) is 5.78 Å². The number of H-pyrrole nitrogens is 1. The Hall–Kier alpha value is -2.35. The molecule has 0 saturated carbocycles. The number of hydrogen-bond donors (Lipinski definition) is 1. The third-order valence-corrected chi connectivity index (χ3v) is 4.27. The Kier molecular flexibility index (Phi) is 2.19. The zero-order chi connectivity index (χ0) is 13.9. The van der Waals surface area contributed by atoms with Gasteiger partial charge in [0.2, 0.25) is 0 Å². The Labute approximate surface area is 117 Å². The summed E-state index contributed by atoms with van der Waals surface area (Å²) in [5, 5.41) is 2.42. The van der Waals surface area contributed by atoms with E-state index in [4.69, 9.17) is 0 Å². The molecule has 0 spiro atoms. The number of Topliss-reactive ketones (excluding diaryl/α,β-unsaturated/α-hetero) is 1. The summed E-state index contributed by atoms with van der Waals surface area (Å²) in [7, 11) is 0. The molecule has 1 aliphatic carbocycles. The van der Waals surface area contributed by atoms with E-state index in [1.54, 1.807) is 0 Å². The van der Waals surface area contributed by atoms with Gasteiger partial charge in [0.25, 0.3) is 0 Å². The number of carbonyl (C=O) groups excluding carboxylic acids is 1. The Morgan fingerprint density at radius 2 is 1.95 bits per heavy atom. The predicted octanol–water partition coefficient (Wildman–Crippen LogP) is 4.48. The molecule has 0 amide bonds. The first-order valence-electron chi connectivity index (χ1n) is 6.91. The van der Waals surface area contributed by atoms with E-state index >= 15 is 0 Å². The van der Waals surface area contributed by atoms with E-state index in [1.165, 1.54) is 16.3 Å². The average Bonchev–Trinajstić information content (AvgIpc) is 2.98. The fourth-order valence-electron chi connectivity index (χ4n) is 3.22. The maximum atomic E-state index is 11.9. The molecule has 2 heteroatoms. The third kappa shape index (κ3) is 1.42. The van der Waals surface area contributed by atoms with Crippen molar-refractivity contribution in [3.05, 3.63) is 53.6 Å².